The largest absolute Gasteiger partial charge is 0.462 e. The zero-order valence-corrected chi connectivity index (χ0v) is 17.6. The number of aryl methyl sites for hydroxylation is 1. The minimum atomic E-state index is -0.527. The molecular formula is C20H24F2N4O2S. The van der Waals surface area contributed by atoms with Crippen LogP contribution in [0.1, 0.15) is 58.2 Å². The number of aliphatic imine (C=N–C) groups is 1. The lowest BCUT2D eigenvalue weighted by Crippen LogP contribution is -2.40. The molecule has 1 saturated carbocycles. The van der Waals surface area contributed by atoms with Gasteiger partial charge in [-0.25, -0.2) is 18.6 Å². The van der Waals surface area contributed by atoms with Gasteiger partial charge in [0.1, 0.15) is 21.5 Å². The lowest BCUT2D eigenvalue weighted by Gasteiger charge is -2.16. The van der Waals surface area contributed by atoms with Crippen LogP contribution in [0.4, 0.5) is 8.78 Å². The Balaban J connectivity index is 1.63. The van der Waals surface area contributed by atoms with Gasteiger partial charge < -0.3 is 15.4 Å². The van der Waals surface area contributed by atoms with Crippen molar-refractivity contribution in [1.82, 2.24) is 15.6 Å². The number of aromatic nitrogens is 1. The second-order valence-corrected chi connectivity index (χ2v) is 7.88. The van der Waals surface area contributed by atoms with Crippen LogP contribution in [0, 0.1) is 18.6 Å². The number of rotatable bonds is 6. The molecule has 0 radical (unpaired) electrons. The van der Waals surface area contributed by atoms with Crippen molar-refractivity contribution in [2.24, 2.45) is 4.99 Å². The first-order valence-corrected chi connectivity index (χ1v) is 10.3. The van der Waals surface area contributed by atoms with Crippen molar-refractivity contribution in [3.63, 3.8) is 0 Å². The Labute approximate surface area is 172 Å². The monoisotopic (exact) mass is 422 g/mol. The van der Waals surface area contributed by atoms with Crippen LogP contribution in [0.2, 0.25) is 0 Å². The molecule has 0 saturated heterocycles. The third kappa shape index (κ3) is 4.72. The van der Waals surface area contributed by atoms with Crippen LogP contribution in [0.25, 0.3) is 0 Å². The fourth-order valence-corrected chi connectivity index (χ4v) is 4.10. The van der Waals surface area contributed by atoms with Crippen molar-refractivity contribution < 1.29 is 18.3 Å². The number of hydrogen-bond acceptors (Lipinski definition) is 5. The number of hydrogen-bond donors (Lipinski definition) is 2. The third-order valence-electron chi connectivity index (χ3n) is 4.70. The highest BCUT2D eigenvalue weighted by Gasteiger charge is 2.42. The molecule has 1 aliphatic rings. The summed E-state index contributed by atoms with van der Waals surface area (Å²) in [4.78, 5) is 21.1. The van der Waals surface area contributed by atoms with Gasteiger partial charge in [-0.3, -0.25) is 4.99 Å². The molecule has 2 N–H and O–H groups in total. The Bertz CT molecular complexity index is 911. The van der Waals surface area contributed by atoms with E-state index in [0.29, 0.717) is 29.6 Å². The molecular weight excluding hydrogens is 398 g/mol. The van der Waals surface area contributed by atoms with Gasteiger partial charge in [-0.1, -0.05) is 6.07 Å². The molecule has 6 nitrogen and oxygen atoms in total. The molecule has 1 heterocycles. The highest BCUT2D eigenvalue weighted by molar-refractivity contribution is 7.13. The van der Waals surface area contributed by atoms with E-state index in [-0.39, 0.29) is 29.5 Å². The van der Waals surface area contributed by atoms with Gasteiger partial charge >= 0.3 is 5.97 Å². The van der Waals surface area contributed by atoms with Gasteiger partial charge in [-0.2, -0.15) is 0 Å². The maximum atomic E-state index is 14.0. The zero-order chi connectivity index (χ0) is 21.1. The molecule has 9 heteroatoms. The van der Waals surface area contributed by atoms with Gasteiger partial charge in [0.2, 0.25) is 0 Å². The van der Waals surface area contributed by atoms with Crippen LogP contribution in [0.15, 0.2) is 23.2 Å². The quantitative estimate of drug-likeness (QED) is 0.422. The summed E-state index contributed by atoms with van der Waals surface area (Å²) in [6.07, 6.45) is 0.621. The van der Waals surface area contributed by atoms with E-state index >= 15 is 0 Å². The van der Waals surface area contributed by atoms with Crippen LogP contribution in [-0.4, -0.2) is 36.6 Å². The van der Waals surface area contributed by atoms with E-state index in [0.717, 1.165) is 5.01 Å². The molecule has 1 aliphatic carbocycles. The van der Waals surface area contributed by atoms with Gasteiger partial charge in [0.25, 0.3) is 0 Å². The van der Waals surface area contributed by atoms with E-state index in [1.807, 2.05) is 6.92 Å². The predicted octanol–water partition coefficient (Wildman–Crippen LogP) is 3.69. The van der Waals surface area contributed by atoms with E-state index in [1.54, 1.807) is 20.9 Å². The van der Waals surface area contributed by atoms with Gasteiger partial charge in [-0.05, 0) is 39.3 Å². The number of ether oxygens (including phenoxy) is 1. The number of nitrogens with one attached hydrogen (secondary N) is 2. The molecule has 0 aliphatic heterocycles. The summed E-state index contributed by atoms with van der Waals surface area (Å²) in [7, 11) is 1.63. The number of halogens is 2. The van der Waals surface area contributed by atoms with Crippen LogP contribution in [0.5, 0.6) is 0 Å². The van der Waals surface area contributed by atoms with Crippen LogP contribution in [0.3, 0.4) is 0 Å². The molecule has 0 amide bonds. The first kappa shape index (κ1) is 21.2. The maximum absolute atomic E-state index is 14.0. The highest BCUT2D eigenvalue weighted by Crippen LogP contribution is 2.43. The second-order valence-electron chi connectivity index (χ2n) is 6.85. The van der Waals surface area contributed by atoms with Crippen molar-refractivity contribution in [2.75, 3.05) is 13.7 Å². The lowest BCUT2D eigenvalue weighted by atomic mass is 10.1. The summed E-state index contributed by atoms with van der Waals surface area (Å²) in [5, 5.41) is 7.14. The molecule has 1 aromatic heterocycles. The number of carbonyl (C=O) groups is 1. The summed E-state index contributed by atoms with van der Waals surface area (Å²) < 4.78 is 33.0. The number of guanidine groups is 1. The second kappa shape index (κ2) is 8.86. The SMILES string of the molecule is CCOC(=O)c1sc(C(C)NC(=NC)NC2CC2c2c(F)cccc2F)nc1C. The standard InChI is InChI=1S/C20H24F2N4O2S/c1-5-28-19(27)17-10(2)24-18(29-17)11(3)25-20(23-4)26-15-9-12(15)16-13(21)7-6-8-14(16)22/h6-8,11-12,15H,5,9H2,1-4H3,(H2,23,25,26). The number of thiazole rings is 1. The first-order valence-electron chi connectivity index (χ1n) is 9.43. The van der Waals surface area contributed by atoms with Crippen LogP contribution in [-0.2, 0) is 4.74 Å². The topological polar surface area (TPSA) is 75.6 Å². The molecule has 156 valence electrons. The highest BCUT2D eigenvalue weighted by atomic mass is 32.1. The van der Waals surface area contributed by atoms with Crippen molar-refractivity contribution in [1.29, 1.82) is 0 Å². The summed E-state index contributed by atoms with van der Waals surface area (Å²) in [5.41, 5.74) is 0.737. The van der Waals surface area contributed by atoms with E-state index in [4.69, 9.17) is 4.74 Å². The Morgan fingerprint density at radius 2 is 2.10 bits per heavy atom. The van der Waals surface area contributed by atoms with Gasteiger partial charge in [-0.15, -0.1) is 11.3 Å². The van der Waals surface area contributed by atoms with Crippen LogP contribution < -0.4 is 10.6 Å². The minimum absolute atomic E-state index is 0.104. The molecule has 29 heavy (non-hydrogen) atoms. The number of carbonyl (C=O) groups excluding carboxylic acids is 1. The number of esters is 1. The Kier molecular flexibility index (Phi) is 6.46. The predicted molar refractivity (Wildman–Crippen MR) is 108 cm³/mol. The average molecular weight is 423 g/mol. The van der Waals surface area contributed by atoms with E-state index < -0.39 is 11.6 Å². The Morgan fingerprint density at radius 1 is 1.41 bits per heavy atom. The Morgan fingerprint density at radius 3 is 2.72 bits per heavy atom. The summed E-state index contributed by atoms with van der Waals surface area (Å²) in [5.74, 6) is -1.16. The van der Waals surface area contributed by atoms with Crippen molar-refractivity contribution in [3.8, 4) is 0 Å². The average Bonchev–Trinajstić information content (AvgIpc) is 3.30. The maximum Gasteiger partial charge on any atom is 0.350 e. The number of nitrogens with zero attached hydrogens (tertiary/aromatic N) is 2. The molecule has 0 spiro atoms. The number of benzene rings is 1. The summed E-state index contributed by atoms with van der Waals surface area (Å²) in [6, 6.07) is 3.59. The molecule has 1 fully saturated rings. The van der Waals surface area contributed by atoms with E-state index in [1.165, 1.54) is 29.5 Å². The van der Waals surface area contributed by atoms with Gasteiger partial charge in [0.05, 0.1) is 18.3 Å². The van der Waals surface area contributed by atoms with Gasteiger partial charge in [0.15, 0.2) is 5.96 Å². The zero-order valence-electron chi connectivity index (χ0n) is 16.8. The van der Waals surface area contributed by atoms with E-state index in [2.05, 4.69) is 20.6 Å². The smallest absolute Gasteiger partial charge is 0.350 e. The minimum Gasteiger partial charge on any atom is -0.462 e. The summed E-state index contributed by atoms with van der Waals surface area (Å²) in [6.45, 7) is 5.74. The molecule has 0 bridgehead atoms. The van der Waals surface area contributed by atoms with Crippen LogP contribution >= 0.6 is 11.3 Å². The fraction of sp³-hybridized carbons (Fsp3) is 0.450. The van der Waals surface area contributed by atoms with Gasteiger partial charge in [0, 0.05) is 24.6 Å². The molecule has 2 aromatic rings. The first-order chi connectivity index (χ1) is 13.8. The summed E-state index contributed by atoms with van der Waals surface area (Å²) >= 11 is 1.27. The third-order valence-corrected chi connectivity index (χ3v) is 6.02. The fourth-order valence-electron chi connectivity index (χ4n) is 3.14. The molecule has 3 unspecified atom stereocenters. The van der Waals surface area contributed by atoms with E-state index in [9.17, 15) is 13.6 Å². The Hall–Kier alpha value is -2.55. The molecule has 1 aromatic carbocycles. The lowest BCUT2D eigenvalue weighted by molar-refractivity contribution is 0.0531. The van der Waals surface area contributed by atoms with Crippen molar-refractivity contribution in [2.45, 2.75) is 45.2 Å². The van der Waals surface area contributed by atoms with Crippen molar-refractivity contribution >= 4 is 23.3 Å². The molecule has 3 rings (SSSR count). The molecule has 3 atom stereocenters. The normalized spacial score (nSPS) is 19.6. The van der Waals surface area contributed by atoms with Crippen molar-refractivity contribution in [3.05, 3.63) is 51.0 Å².